The van der Waals surface area contributed by atoms with Gasteiger partial charge in [-0.3, -0.25) is 14.5 Å². The van der Waals surface area contributed by atoms with Crippen molar-refractivity contribution in [3.63, 3.8) is 0 Å². The Balaban J connectivity index is 0.000000188. The fraction of sp³-hybridized carbons (Fsp3) is 0.200. The molecule has 1 amide bonds. The Hall–Kier alpha value is -3.67. The van der Waals surface area contributed by atoms with Crippen LogP contribution in [0.15, 0.2) is 48.7 Å². The summed E-state index contributed by atoms with van der Waals surface area (Å²) in [6.07, 6.45) is -1.27. The quantitative estimate of drug-likeness (QED) is 0.712. The average Bonchev–Trinajstić information content (AvgIpc) is 3.30. The molecule has 0 atom stereocenters. The van der Waals surface area contributed by atoms with Crippen LogP contribution in [0.2, 0.25) is 0 Å². The molecule has 0 fully saturated rings. The molecule has 1 aliphatic heterocycles. The number of halogens is 3. The third kappa shape index (κ3) is 4.79. The summed E-state index contributed by atoms with van der Waals surface area (Å²) < 4.78 is 39.5. The fourth-order valence-corrected chi connectivity index (χ4v) is 2.89. The molecule has 0 unspecified atom stereocenters. The number of primary amides is 1. The van der Waals surface area contributed by atoms with Crippen molar-refractivity contribution in [2.24, 2.45) is 5.73 Å². The Labute approximate surface area is 164 Å². The predicted octanol–water partition coefficient (Wildman–Crippen LogP) is 3.57. The molecule has 3 heterocycles. The van der Waals surface area contributed by atoms with Crippen molar-refractivity contribution in [3.8, 4) is 17.3 Å². The predicted molar refractivity (Wildman–Crippen MR) is 98.5 cm³/mol. The first-order chi connectivity index (χ1) is 13.8. The molecule has 0 spiro atoms. The van der Waals surface area contributed by atoms with Gasteiger partial charge in [-0.2, -0.15) is 23.5 Å². The smallest absolute Gasteiger partial charge is 0.366 e. The number of aryl methyl sites for hydroxylation is 2. The number of rotatable bonds is 2. The van der Waals surface area contributed by atoms with Gasteiger partial charge in [-0.05, 0) is 49.2 Å². The molecule has 4 rings (SSSR count). The molecule has 2 aromatic heterocycles. The topological polar surface area (TPSA) is 97.6 Å². The van der Waals surface area contributed by atoms with Crippen molar-refractivity contribution >= 4 is 5.91 Å². The van der Waals surface area contributed by atoms with Crippen molar-refractivity contribution in [2.45, 2.75) is 25.6 Å². The lowest BCUT2D eigenvalue weighted by molar-refractivity contribution is -0.141. The van der Waals surface area contributed by atoms with E-state index in [1.165, 1.54) is 12.3 Å². The number of aromatic nitrogens is 3. The Morgan fingerprint density at radius 1 is 1.21 bits per heavy atom. The Bertz CT molecular complexity index is 1060. The molecule has 1 aromatic carbocycles. The maximum Gasteiger partial charge on any atom is 0.433 e. The number of carbonyl (C=O) groups excluding carboxylic acids is 1. The van der Waals surface area contributed by atoms with Crippen molar-refractivity contribution in [1.29, 1.82) is 5.26 Å². The number of benzene rings is 1. The molecule has 9 heteroatoms. The van der Waals surface area contributed by atoms with Gasteiger partial charge in [0.25, 0.3) is 0 Å². The van der Waals surface area contributed by atoms with Gasteiger partial charge < -0.3 is 5.73 Å². The van der Waals surface area contributed by atoms with E-state index in [0.29, 0.717) is 22.4 Å². The van der Waals surface area contributed by atoms with Gasteiger partial charge in [0.15, 0.2) is 0 Å². The first-order valence-corrected chi connectivity index (χ1v) is 8.68. The van der Waals surface area contributed by atoms with Gasteiger partial charge in [-0.25, -0.2) is 0 Å². The lowest BCUT2D eigenvalue weighted by atomic mass is 10.1. The lowest BCUT2D eigenvalue weighted by Crippen LogP contribution is -2.10. The highest BCUT2D eigenvalue weighted by atomic mass is 19.4. The third-order valence-corrected chi connectivity index (χ3v) is 4.29. The summed E-state index contributed by atoms with van der Waals surface area (Å²) in [5.41, 5.74) is 7.04. The molecule has 0 saturated carbocycles. The van der Waals surface area contributed by atoms with Crippen LogP contribution < -0.4 is 5.73 Å². The minimum atomic E-state index is -4.42. The molecule has 0 aliphatic carbocycles. The second-order valence-electron chi connectivity index (χ2n) is 6.33. The highest BCUT2D eigenvalue weighted by Crippen LogP contribution is 2.30. The lowest BCUT2D eigenvalue weighted by Gasteiger charge is -2.06. The molecule has 2 N–H and O–H groups in total. The first kappa shape index (κ1) is 20.1. The molecule has 148 valence electrons. The van der Waals surface area contributed by atoms with Crippen LogP contribution >= 0.6 is 0 Å². The number of nitrogens with two attached hydrogens (primary N) is 1. The van der Waals surface area contributed by atoms with Gasteiger partial charge in [0.1, 0.15) is 5.69 Å². The monoisotopic (exact) mass is 399 g/mol. The standard InChI is InChI=1S/C12H10F3N3.C8H6N2O/c13-12(14,15)11-6-8(3-4-16-11)10-7-9-2-1-5-18(9)17-10;9-5-6-2-1-3-7(4-6)8(10)11/h3-4,6-7H,1-2,5H2;1-4H,(H2,10,11). The van der Waals surface area contributed by atoms with E-state index in [-0.39, 0.29) is 0 Å². The van der Waals surface area contributed by atoms with Gasteiger partial charge in [0.2, 0.25) is 5.91 Å². The van der Waals surface area contributed by atoms with Crippen LogP contribution in [0, 0.1) is 11.3 Å². The summed E-state index contributed by atoms with van der Waals surface area (Å²) in [7, 11) is 0. The summed E-state index contributed by atoms with van der Waals surface area (Å²) in [6, 6.07) is 12.6. The maximum atomic E-state index is 12.6. The van der Waals surface area contributed by atoms with E-state index >= 15 is 0 Å². The van der Waals surface area contributed by atoms with E-state index in [9.17, 15) is 18.0 Å². The van der Waals surface area contributed by atoms with Crippen LogP contribution in [-0.4, -0.2) is 20.7 Å². The zero-order valence-electron chi connectivity index (χ0n) is 15.1. The first-order valence-electron chi connectivity index (χ1n) is 8.68. The van der Waals surface area contributed by atoms with E-state index in [2.05, 4.69) is 10.1 Å². The molecule has 6 nitrogen and oxygen atoms in total. The van der Waals surface area contributed by atoms with E-state index in [0.717, 1.165) is 31.1 Å². The number of nitrogens with zero attached hydrogens (tertiary/aromatic N) is 4. The SMILES string of the molecule is FC(F)(F)c1cc(-c2cc3n(n2)CCC3)ccn1.N#Cc1cccc(C(N)=O)c1. The highest BCUT2D eigenvalue weighted by molar-refractivity contribution is 5.93. The minimum absolute atomic E-state index is 0.365. The summed E-state index contributed by atoms with van der Waals surface area (Å²) >= 11 is 0. The van der Waals surface area contributed by atoms with Gasteiger partial charge in [0.05, 0.1) is 17.3 Å². The van der Waals surface area contributed by atoms with E-state index < -0.39 is 17.8 Å². The Kier molecular flexibility index (Phi) is 5.64. The number of hydrogen-bond acceptors (Lipinski definition) is 4. The fourth-order valence-electron chi connectivity index (χ4n) is 2.89. The second kappa shape index (κ2) is 8.14. The molecule has 0 saturated heterocycles. The molecule has 0 radical (unpaired) electrons. The van der Waals surface area contributed by atoms with Crippen LogP contribution in [0.5, 0.6) is 0 Å². The summed E-state index contributed by atoms with van der Waals surface area (Å²) in [5, 5.41) is 12.7. The van der Waals surface area contributed by atoms with Crippen LogP contribution in [-0.2, 0) is 19.1 Å². The van der Waals surface area contributed by atoms with Crippen molar-refractivity contribution in [3.05, 3.63) is 71.2 Å². The summed E-state index contributed by atoms with van der Waals surface area (Å²) in [6.45, 7) is 0.840. The van der Waals surface area contributed by atoms with Gasteiger partial charge in [0, 0.05) is 29.6 Å². The Morgan fingerprint density at radius 2 is 2.00 bits per heavy atom. The number of alkyl halides is 3. The minimum Gasteiger partial charge on any atom is -0.366 e. The van der Waals surface area contributed by atoms with Crippen molar-refractivity contribution < 1.29 is 18.0 Å². The summed E-state index contributed by atoms with van der Waals surface area (Å²) in [4.78, 5) is 13.9. The zero-order valence-corrected chi connectivity index (χ0v) is 15.1. The van der Waals surface area contributed by atoms with Crippen molar-refractivity contribution in [1.82, 2.24) is 14.8 Å². The number of hydrogen-bond donors (Lipinski definition) is 1. The number of fused-ring (bicyclic) bond motifs is 1. The maximum absolute atomic E-state index is 12.6. The van der Waals surface area contributed by atoms with Gasteiger partial charge in [-0.15, -0.1) is 0 Å². The largest absolute Gasteiger partial charge is 0.433 e. The van der Waals surface area contributed by atoms with E-state index in [1.54, 1.807) is 24.3 Å². The molecule has 29 heavy (non-hydrogen) atoms. The summed E-state index contributed by atoms with van der Waals surface area (Å²) in [5.74, 6) is -0.512. The number of nitriles is 1. The van der Waals surface area contributed by atoms with Crippen LogP contribution in [0.4, 0.5) is 13.2 Å². The second-order valence-corrected chi connectivity index (χ2v) is 6.33. The van der Waals surface area contributed by atoms with E-state index in [4.69, 9.17) is 11.0 Å². The zero-order chi connectivity index (χ0) is 21.0. The molecular formula is C20H16F3N5O. The molecular weight excluding hydrogens is 383 g/mol. The Morgan fingerprint density at radius 3 is 2.66 bits per heavy atom. The normalized spacial score (nSPS) is 12.5. The number of carbonyl (C=O) groups is 1. The van der Waals surface area contributed by atoms with Crippen LogP contribution in [0.3, 0.4) is 0 Å². The molecule has 0 bridgehead atoms. The third-order valence-electron chi connectivity index (χ3n) is 4.29. The molecule has 3 aromatic rings. The molecule has 1 aliphatic rings. The highest BCUT2D eigenvalue weighted by Gasteiger charge is 2.32. The van der Waals surface area contributed by atoms with Crippen molar-refractivity contribution in [2.75, 3.05) is 0 Å². The average molecular weight is 399 g/mol. The van der Waals surface area contributed by atoms with Crippen LogP contribution in [0.1, 0.15) is 33.7 Å². The van der Waals surface area contributed by atoms with Gasteiger partial charge >= 0.3 is 6.18 Å². The van der Waals surface area contributed by atoms with Gasteiger partial charge in [-0.1, -0.05) is 6.07 Å². The van der Waals surface area contributed by atoms with Crippen LogP contribution in [0.25, 0.3) is 11.3 Å². The van der Waals surface area contributed by atoms with E-state index in [1.807, 2.05) is 16.8 Å². The number of pyridine rings is 1. The number of amides is 1.